The minimum atomic E-state index is -1.08. The van der Waals surface area contributed by atoms with Crippen molar-refractivity contribution in [2.75, 3.05) is 19.6 Å². The number of nitrogens with one attached hydrogen (secondary N) is 1. The van der Waals surface area contributed by atoms with Crippen molar-refractivity contribution in [1.82, 2.24) is 15.1 Å². The number of hydrogen-bond acceptors (Lipinski definition) is 4. The number of aliphatic hydroxyl groups is 1. The molecule has 1 aliphatic heterocycles. The molecule has 0 radical (unpaired) electrons. The highest BCUT2D eigenvalue weighted by Crippen LogP contribution is 2.18. The van der Waals surface area contributed by atoms with Crippen molar-refractivity contribution >= 4 is 12.0 Å². The number of carboxylic acids is 1. The number of aliphatic carboxylic acids is 1. The van der Waals surface area contributed by atoms with Crippen molar-refractivity contribution in [3.8, 4) is 0 Å². The van der Waals surface area contributed by atoms with Gasteiger partial charge < -0.3 is 20.4 Å². The smallest absolute Gasteiger partial charge is 0.326 e. The molecule has 0 saturated carbocycles. The summed E-state index contributed by atoms with van der Waals surface area (Å²) in [7, 11) is 0. The van der Waals surface area contributed by atoms with E-state index in [9.17, 15) is 14.7 Å². The molecule has 3 N–H and O–H groups in total. The fourth-order valence-corrected chi connectivity index (χ4v) is 2.78. The molecule has 2 atom stereocenters. The highest BCUT2D eigenvalue weighted by atomic mass is 16.4. The highest BCUT2D eigenvalue weighted by Gasteiger charge is 2.38. The van der Waals surface area contributed by atoms with Gasteiger partial charge in [0, 0.05) is 38.1 Å². The maximum atomic E-state index is 12.0. The first-order valence-corrected chi connectivity index (χ1v) is 7.45. The molecular weight excluding hydrogens is 274 g/mol. The molecule has 1 heterocycles. The van der Waals surface area contributed by atoms with Gasteiger partial charge in [-0.05, 0) is 27.7 Å². The Morgan fingerprint density at radius 3 is 2.33 bits per heavy atom. The molecule has 2 unspecified atom stereocenters. The summed E-state index contributed by atoms with van der Waals surface area (Å²) < 4.78 is 0. The number of amides is 2. The van der Waals surface area contributed by atoms with E-state index in [1.54, 1.807) is 0 Å². The zero-order valence-electron chi connectivity index (χ0n) is 13.2. The SMILES string of the molecule is CC(C)N(CCNC(=O)N1CC(O)CC1C(=O)O)C(C)C. The Bertz CT molecular complexity index is 365. The van der Waals surface area contributed by atoms with E-state index in [0.29, 0.717) is 25.2 Å². The number of nitrogens with zero attached hydrogens (tertiary/aromatic N) is 2. The van der Waals surface area contributed by atoms with Crippen molar-refractivity contribution in [2.45, 2.75) is 58.3 Å². The van der Waals surface area contributed by atoms with E-state index in [2.05, 4.69) is 37.9 Å². The normalized spacial score (nSPS) is 22.4. The van der Waals surface area contributed by atoms with E-state index in [1.807, 2.05) is 0 Å². The number of likely N-dealkylation sites (tertiary alicyclic amines) is 1. The summed E-state index contributed by atoms with van der Waals surface area (Å²) in [5.74, 6) is -1.08. The van der Waals surface area contributed by atoms with Gasteiger partial charge >= 0.3 is 12.0 Å². The first-order chi connectivity index (χ1) is 9.73. The van der Waals surface area contributed by atoms with E-state index >= 15 is 0 Å². The molecule has 7 nitrogen and oxygen atoms in total. The second-order valence-corrected chi connectivity index (χ2v) is 6.05. The molecule has 0 aliphatic carbocycles. The Kier molecular flexibility index (Phi) is 6.42. The highest BCUT2D eigenvalue weighted by molar-refractivity contribution is 5.83. The minimum absolute atomic E-state index is 0.0703. The Balaban J connectivity index is 2.48. The molecule has 0 bridgehead atoms. The number of carboxylic acid groups (broad SMARTS) is 1. The van der Waals surface area contributed by atoms with Crippen LogP contribution in [0.5, 0.6) is 0 Å². The zero-order valence-corrected chi connectivity index (χ0v) is 13.2. The molecule has 1 rings (SSSR count). The monoisotopic (exact) mass is 301 g/mol. The van der Waals surface area contributed by atoms with Crippen LogP contribution in [-0.2, 0) is 4.79 Å². The summed E-state index contributed by atoms with van der Waals surface area (Å²) in [6.45, 7) is 9.61. The van der Waals surface area contributed by atoms with Crippen molar-refractivity contribution in [3.63, 3.8) is 0 Å². The summed E-state index contributed by atoms with van der Waals surface area (Å²) in [6, 6.07) is -0.609. The fourth-order valence-electron chi connectivity index (χ4n) is 2.78. The van der Waals surface area contributed by atoms with E-state index < -0.39 is 24.1 Å². The second-order valence-electron chi connectivity index (χ2n) is 6.05. The molecule has 0 aromatic rings. The summed E-state index contributed by atoms with van der Waals surface area (Å²) in [5.41, 5.74) is 0. The Morgan fingerprint density at radius 2 is 1.86 bits per heavy atom. The van der Waals surface area contributed by atoms with Gasteiger partial charge in [0.05, 0.1) is 6.10 Å². The maximum absolute atomic E-state index is 12.0. The van der Waals surface area contributed by atoms with Crippen LogP contribution in [0.1, 0.15) is 34.1 Å². The molecule has 1 saturated heterocycles. The van der Waals surface area contributed by atoms with Gasteiger partial charge in [-0.2, -0.15) is 0 Å². The first kappa shape index (κ1) is 17.7. The average molecular weight is 301 g/mol. The quantitative estimate of drug-likeness (QED) is 0.657. The van der Waals surface area contributed by atoms with Crippen LogP contribution < -0.4 is 5.32 Å². The van der Waals surface area contributed by atoms with Crippen molar-refractivity contribution in [3.05, 3.63) is 0 Å². The Labute approximate surface area is 125 Å². The largest absolute Gasteiger partial charge is 0.480 e. The van der Waals surface area contributed by atoms with Gasteiger partial charge in [-0.3, -0.25) is 4.90 Å². The fraction of sp³-hybridized carbons (Fsp3) is 0.857. The molecule has 7 heteroatoms. The van der Waals surface area contributed by atoms with Crippen LogP contribution in [0.3, 0.4) is 0 Å². The number of urea groups is 1. The number of aliphatic hydroxyl groups excluding tert-OH is 1. The van der Waals surface area contributed by atoms with Crippen molar-refractivity contribution < 1.29 is 19.8 Å². The van der Waals surface area contributed by atoms with Crippen LogP contribution in [0.4, 0.5) is 4.79 Å². The standard InChI is InChI=1S/C14H27N3O4/c1-9(2)16(10(3)4)6-5-15-14(21)17-8-11(18)7-12(17)13(19)20/h9-12,18H,5-8H2,1-4H3,(H,15,21)(H,19,20). The van der Waals surface area contributed by atoms with E-state index in [0.717, 1.165) is 0 Å². The minimum Gasteiger partial charge on any atom is -0.480 e. The van der Waals surface area contributed by atoms with E-state index in [4.69, 9.17) is 5.11 Å². The number of hydrogen-bond donors (Lipinski definition) is 3. The molecular formula is C14H27N3O4. The first-order valence-electron chi connectivity index (χ1n) is 7.45. The summed E-state index contributed by atoms with van der Waals surface area (Å²) in [4.78, 5) is 26.6. The lowest BCUT2D eigenvalue weighted by Crippen LogP contribution is -2.49. The Morgan fingerprint density at radius 1 is 1.29 bits per heavy atom. The second kappa shape index (κ2) is 7.61. The molecule has 2 amide bonds. The van der Waals surface area contributed by atoms with Gasteiger partial charge in [-0.1, -0.05) is 0 Å². The zero-order chi connectivity index (χ0) is 16.2. The number of rotatable bonds is 6. The van der Waals surface area contributed by atoms with Crippen LogP contribution in [0.15, 0.2) is 0 Å². The molecule has 21 heavy (non-hydrogen) atoms. The lowest BCUT2D eigenvalue weighted by molar-refractivity contribution is -0.141. The third-order valence-electron chi connectivity index (χ3n) is 3.80. The molecule has 1 aliphatic rings. The number of β-amino-alcohol motifs (C(OH)–C–C–N with tert-alkyl or cyclic N) is 1. The summed E-state index contributed by atoms with van der Waals surface area (Å²) in [6.07, 6.45) is -0.674. The van der Waals surface area contributed by atoms with Crippen LogP contribution in [0, 0.1) is 0 Å². The van der Waals surface area contributed by atoms with Crippen LogP contribution in [-0.4, -0.2) is 75.9 Å². The molecule has 122 valence electrons. The lowest BCUT2D eigenvalue weighted by Gasteiger charge is -2.31. The predicted octanol–water partition coefficient (Wildman–Crippen LogP) is 0.335. The van der Waals surface area contributed by atoms with Gasteiger partial charge in [0.2, 0.25) is 0 Å². The van der Waals surface area contributed by atoms with Gasteiger partial charge in [0.15, 0.2) is 0 Å². The van der Waals surface area contributed by atoms with Gasteiger partial charge in [0.1, 0.15) is 6.04 Å². The summed E-state index contributed by atoms with van der Waals surface area (Å²) >= 11 is 0. The van der Waals surface area contributed by atoms with Crippen LogP contribution >= 0.6 is 0 Å². The van der Waals surface area contributed by atoms with Crippen LogP contribution in [0.25, 0.3) is 0 Å². The van der Waals surface area contributed by atoms with Crippen molar-refractivity contribution in [1.29, 1.82) is 0 Å². The number of carbonyl (C=O) groups excluding carboxylic acids is 1. The van der Waals surface area contributed by atoms with E-state index in [-0.39, 0.29) is 13.0 Å². The van der Waals surface area contributed by atoms with Gasteiger partial charge in [0.25, 0.3) is 0 Å². The maximum Gasteiger partial charge on any atom is 0.326 e. The lowest BCUT2D eigenvalue weighted by atomic mass is 10.2. The third-order valence-corrected chi connectivity index (χ3v) is 3.80. The van der Waals surface area contributed by atoms with Gasteiger partial charge in [-0.25, -0.2) is 9.59 Å². The van der Waals surface area contributed by atoms with Crippen molar-refractivity contribution in [2.24, 2.45) is 0 Å². The summed E-state index contributed by atoms with van der Waals surface area (Å²) in [5, 5.41) is 21.3. The van der Waals surface area contributed by atoms with E-state index in [1.165, 1.54) is 4.90 Å². The predicted molar refractivity (Wildman–Crippen MR) is 79.1 cm³/mol. The van der Waals surface area contributed by atoms with Gasteiger partial charge in [-0.15, -0.1) is 0 Å². The topological polar surface area (TPSA) is 93.1 Å². The van der Waals surface area contributed by atoms with Crippen LogP contribution in [0.2, 0.25) is 0 Å². The number of carbonyl (C=O) groups is 2. The third kappa shape index (κ3) is 4.86. The molecule has 0 spiro atoms. The molecule has 0 aromatic carbocycles. The Hall–Kier alpha value is -1.34. The molecule has 0 aromatic heterocycles. The molecule has 1 fully saturated rings. The average Bonchev–Trinajstić information content (AvgIpc) is 2.75.